The second-order valence-electron chi connectivity index (χ2n) is 7.07. The zero-order valence-corrected chi connectivity index (χ0v) is 15.3. The first kappa shape index (κ1) is 19.8. The average molecular weight is 386 g/mol. The van der Waals surface area contributed by atoms with Crippen molar-refractivity contribution < 1.29 is 22.0 Å². The molecule has 27 heavy (non-hydrogen) atoms. The maximum absolute atomic E-state index is 13.5. The highest BCUT2D eigenvalue weighted by atomic mass is 19.4. The first-order chi connectivity index (χ1) is 12.7. The second kappa shape index (κ2) is 7.93. The quantitative estimate of drug-likeness (QED) is 0.727. The van der Waals surface area contributed by atoms with E-state index in [0.29, 0.717) is 30.4 Å². The first-order valence-electron chi connectivity index (χ1n) is 8.80. The monoisotopic (exact) mass is 386 g/mol. The second-order valence-corrected chi connectivity index (χ2v) is 7.07. The number of alkyl halides is 3. The van der Waals surface area contributed by atoms with Gasteiger partial charge in [0.15, 0.2) is 0 Å². The standard InChI is InChI=1S/C18H22F4N4O/c1-25(2)11-16-23-24-17(27-16)15-5-3-4-8-26(15)10-12-6-7-14(19)13(9-12)18(20,21)22/h6-7,9,15H,3-5,8,10-11H2,1-2H3. The number of likely N-dealkylation sites (tertiary alicyclic amines) is 1. The van der Waals surface area contributed by atoms with E-state index in [2.05, 4.69) is 10.2 Å². The summed E-state index contributed by atoms with van der Waals surface area (Å²) in [5.74, 6) is -0.280. The third kappa shape index (κ3) is 4.84. The van der Waals surface area contributed by atoms with Crippen LogP contribution in [0, 0.1) is 5.82 Å². The fourth-order valence-corrected chi connectivity index (χ4v) is 3.32. The van der Waals surface area contributed by atoms with Gasteiger partial charge in [0, 0.05) is 6.54 Å². The lowest BCUT2D eigenvalue weighted by molar-refractivity contribution is -0.140. The highest BCUT2D eigenvalue weighted by molar-refractivity contribution is 5.27. The Morgan fingerprint density at radius 1 is 1.22 bits per heavy atom. The van der Waals surface area contributed by atoms with Gasteiger partial charge in [0.1, 0.15) is 5.82 Å². The molecule has 1 aromatic heterocycles. The van der Waals surface area contributed by atoms with Gasteiger partial charge in [-0.15, -0.1) is 10.2 Å². The number of rotatable bonds is 5. The van der Waals surface area contributed by atoms with Gasteiger partial charge in [-0.2, -0.15) is 13.2 Å². The van der Waals surface area contributed by atoms with Gasteiger partial charge in [-0.25, -0.2) is 4.39 Å². The molecule has 0 radical (unpaired) electrons. The molecule has 1 fully saturated rings. The van der Waals surface area contributed by atoms with Crippen LogP contribution in [-0.2, 0) is 19.3 Å². The van der Waals surface area contributed by atoms with Crippen LogP contribution in [0.25, 0.3) is 0 Å². The van der Waals surface area contributed by atoms with Crippen LogP contribution in [0.3, 0.4) is 0 Å². The zero-order valence-electron chi connectivity index (χ0n) is 15.3. The Balaban J connectivity index is 1.79. The molecule has 0 spiro atoms. The summed E-state index contributed by atoms with van der Waals surface area (Å²) >= 11 is 0. The van der Waals surface area contributed by atoms with Crippen LogP contribution >= 0.6 is 0 Å². The van der Waals surface area contributed by atoms with E-state index in [1.165, 1.54) is 6.07 Å². The molecule has 1 aliphatic heterocycles. The van der Waals surface area contributed by atoms with Crippen molar-refractivity contribution in [2.45, 2.75) is 44.6 Å². The number of benzene rings is 1. The molecular weight excluding hydrogens is 364 g/mol. The van der Waals surface area contributed by atoms with E-state index in [1.807, 2.05) is 23.9 Å². The Morgan fingerprint density at radius 2 is 2.00 bits per heavy atom. The Labute approximate surface area is 155 Å². The molecule has 1 saturated heterocycles. The summed E-state index contributed by atoms with van der Waals surface area (Å²) in [5.41, 5.74) is -0.830. The molecule has 1 aliphatic rings. The van der Waals surface area contributed by atoms with Crippen molar-refractivity contribution in [3.8, 4) is 0 Å². The van der Waals surface area contributed by atoms with Gasteiger partial charge < -0.3 is 9.32 Å². The number of halogens is 4. The molecule has 0 N–H and O–H groups in total. The molecule has 0 aliphatic carbocycles. The maximum atomic E-state index is 13.5. The van der Waals surface area contributed by atoms with Crippen molar-refractivity contribution >= 4 is 0 Å². The van der Waals surface area contributed by atoms with Crippen LogP contribution in [0.1, 0.15) is 48.2 Å². The van der Waals surface area contributed by atoms with Crippen LogP contribution in [0.15, 0.2) is 22.6 Å². The first-order valence-corrected chi connectivity index (χ1v) is 8.80. The maximum Gasteiger partial charge on any atom is 0.419 e. The van der Waals surface area contributed by atoms with Crippen molar-refractivity contribution in [1.82, 2.24) is 20.0 Å². The van der Waals surface area contributed by atoms with E-state index in [9.17, 15) is 17.6 Å². The lowest BCUT2D eigenvalue weighted by Crippen LogP contribution is -2.33. The SMILES string of the molecule is CN(C)Cc1nnc(C2CCCCN2Cc2ccc(F)c(C(F)(F)F)c2)o1. The van der Waals surface area contributed by atoms with Crippen LogP contribution in [-0.4, -0.2) is 40.6 Å². The number of aromatic nitrogens is 2. The Morgan fingerprint density at radius 3 is 2.70 bits per heavy atom. The van der Waals surface area contributed by atoms with Crippen LogP contribution in [0.5, 0.6) is 0 Å². The van der Waals surface area contributed by atoms with E-state index >= 15 is 0 Å². The lowest BCUT2D eigenvalue weighted by atomic mass is 10.0. The van der Waals surface area contributed by atoms with E-state index < -0.39 is 17.6 Å². The van der Waals surface area contributed by atoms with E-state index in [-0.39, 0.29) is 12.6 Å². The molecule has 2 aromatic rings. The molecule has 5 nitrogen and oxygen atoms in total. The summed E-state index contributed by atoms with van der Waals surface area (Å²) in [7, 11) is 3.78. The summed E-state index contributed by atoms with van der Waals surface area (Å²) in [6, 6.07) is 2.99. The highest BCUT2D eigenvalue weighted by Crippen LogP contribution is 2.34. The van der Waals surface area contributed by atoms with Crippen LogP contribution in [0.2, 0.25) is 0 Å². The van der Waals surface area contributed by atoms with Crippen molar-refractivity contribution in [1.29, 1.82) is 0 Å². The van der Waals surface area contributed by atoms with Gasteiger partial charge >= 0.3 is 6.18 Å². The minimum Gasteiger partial charge on any atom is -0.422 e. The molecule has 0 amide bonds. The van der Waals surface area contributed by atoms with Gasteiger partial charge in [-0.1, -0.05) is 12.5 Å². The van der Waals surface area contributed by atoms with Gasteiger partial charge in [0.05, 0.1) is 18.2 Å². The lowest BCUT2D eigenvalue weighted by Gasteiger charge is -2.33. The molecule has 148 valence electrons. The van der Waals surface area contributed by atoms with Gasteiger partial charge in [0.2, 0.25) is 11.8 Å². The molecule has 0 bridgehead atoms. The predicted molar refractivity (Wildman–Crippen MR) is 90.1 cm³/mol. The largest absolute Gasteiger partial charge is 0.422 e. The van der Waals surface area contributed by atoms with Crippen molar-refractivity contribution in [3.05, 3.63) is 46.9 Å². The number of hydrogen-bond acceptors (Lipinski definition) is 5. The van der Waals surface area contributed by atoms with Crippen LogP contribution < -0.4 is 0 Å². The Bertz CT molecular complexity index is 775. The van der Waals surface area contributed by atoms with Crippen molar-refractivity contribution in [2.24, 2.45) is 0 Å². The molecule has 9 heteroatoms. The smallest absolute Gasteiger partial charge is 0.419 e. The van der Waals surface area contributed by atoms with E-state index in [0.717, 1.165) is 31.4 Å². The molecule has 1 unspecified atom stereocenters. The fourth-order valence-electron chi connectivity index (χ4n) is 3.32. The third-order valence-corrected chi connectivity index (χ3v) is 4.55. The zero-order chi connectivity index (χ0) is 19.6. The summed E-state index contributed by atoms with van der Waals surface area (Å²) < 4.78 is 58.2. The Hall–Kier alpha value is -2.00. The number of piperidine rings is 1. The van der Waals surface area contributed by atoms with E-state index in [1.54, 1.807) is 0 Å². The third-order valence-electron chi connectivity index (χ3n) is 4.55. The summed E-state index contributed by atoms with van der Waals surface area (Å²) in [4.78, 5) is 3.93. The molecular formula is C18H22F4N4O. The normalized spacial score (nSPS) is 19.0. The van der Waals surface area contributed by atoms with Gasteiger partial charge in [0.25, 0.3) is 0 Å². The van der Waals surface area contributed by atoms with Crippen molar-refractivity contribution in [3.63, 3.8) is 0 Å². The van der Waals surface area contributed by atoms with Crippen LogP contribution in [0.4, 0.5) is 17.6 Å². The Kier molecular flexibility index (Phi) is 5.81. The highest BCUT2D eigenvalue weighted by Gasteiger charge is 2.35. The summed E-state index contributed by atoms with van der Waals surface area (Å²) in [6.07, 6.45) is -2.02. The van der Waals surface area contributed by atoms with E-state index in [4.69, 9.17) is 4.42 Å². The van der Waals surface area contributed by atoms with Crippen molar-refractivity contribution in [2.75, 3.05) is 20.6 Å². The predicted octanol–water partition coefficient (Wildman–Crippen LogP) is 4.02. The fraction of sp³-hybridized carbons (Fsp3) is 0.556. The summed E-state index contributed by atoms with van der Waals surface area (Å²) in [6.45, 7) is 1.49. The number of nitrogens with zero attached hydrogens (tertiary/aromatic N) is 4. The van der Waals surface area contributed by atoms with Gasteiger partial charge in [-0.3, -0.25) is 4.90 Å². The topological polar surface area (TPSA) is 45.4 Å². The van der Waals surface area contributed by atoms with Gasteiger partial charge in [-0.05, 0) is 51.2 Å². The molecule has 1 aromatic carbocycles. The minimum absolute atomic E-state index is 0.151. The molecule has 1 atom stereocenters. The minimum atomic E-state index is -4.71. The number of hydrogen-bond donors (Lipinski definition) is 0. The molecule has 3 rings (SSSR count). The molecule has 2 heterocycles. The summed E-state index contributed by atoms with van der Waals surface area (Å²) in [5, 5.41) is 8.18. The molecule has 0 saturated carbocycles. The average Bonchev–Trinajstić information content (AvgIpc) is 3.03.